The average molecular weight is 649 g/mol. The van der Waals surface area contributed by atoms with E-state index in [2.05, 4.69) is 27.5 Å². The van der Waals surface area contributed by atoms with Crippen molar-refractivity contribution in [3.63, 3.8) is 0 Å². The van der Waals surface area contributed by atoms with Crippen molar-refractivity contribution in [2.45, 2.75) is 42.5 Å². The zero-order chi connectivity index (χ0) is 29.4. The predicted molar refractivity (Wildman–Crippen MR) is 119 cm³/mol. The van der Waals surface area contributed by atoms with Crippen LogP contribution in [0.25, 0.3) is 6.20 Å². The lowest BCUT2D eigenvalue weighted by molar-refractivity contribution is -0.155. The van der Waals surface area contributed by atoms with Crippen LogP contribution in [0.15, 0.2) is 34.7 Å². The van der Waals surface area contributed by atoms with Crippen LogP contribution in [0, 0.1) is 0 Å². The summed E-state index contributed by atoms with van der Waals surface area (Å²) >= 11 is 8.24. The van der Waals surface area contributed by atoms with E-state index in [1.165, 1.54) is 6.92 Å². The first-order valence-corrected chi connectivity index (χ1v) is 11.2. The van der Waals surface area contributed by atoms with Gasteiger partial charge in [-0.3, -0.25) is 14.3 Å². The van der Waals surface area contributed by atoms with Crippen LogP contribution in [0.3, 0.4) is 0 Å². The van der Waals surface area contributed by atoms with Gasteiger partial charge >= 0.3 is 24.5 Å². The number of allylic oxidation sites excluding steroid dienone is 2. The summed E-state index contributed by atoms with van der Waals surface area (Å²) < 4.78 is 130. The summed E-state index contributed by atoms with van der Waals surface area (Å²) in [4.78, 5) is 28.7. The minimum atomic E-state index is -5.42. The predicted octanol–water partition coefficient (Wildman–Crippen LogP) is 5.83. The second kappa shape index (κ2) is 10.9. The van der Waals surface area contributed by atoms with E-state index in [-0.39, 0.29) is 28.2 Å². The van der Waals surface area contributed by atoms with Gasteiger partial charge in [0.2, 0.25) is 12.2 Å². The van der Waals surface area contributed by atoms with Crippen molar-refractivity contribution in [1.29, 1.82) is 0 Å². The van der Waals surface area contributed by atoms with Gasteiger partial charge in [0.15, 0.2) is 5.69 Å². The number of carbonyl (C=O) groups excluding carboxylic acids is 1. The number of anilines is 1. The number of carbonyl (C=O) groups is 1. The van der Waals surface area contributed by atoms with Crippen LogP contribution >= 0.6 is 27.5 Å². The number of methoxy groups -OCH3 is 1. The minimum absolute atomic E-state index is 0.162. The largest absolute Gasteiger partial charge is 0.463 e. The molecule has 38 heavy (non-hydrogen) atoms. The van der Waals surface area contributed by atoms with Gasteiger partial charge in [0, 0.05) is 25.3 Å². The third kappa shape index (κ3) is 6.36. The van der Waals surface area contributed by atoms with E-state index in [9.17, 15) is 49.1 Å². The van der Waals surface area contributed by atoms with Crippen LogP contribution in [0.4, 0.5) is 45.5 Å². The Bertz CT molecular complexity index is 1220. The van der Waals surface area contributed by atoms with Crippen LogP contribution in [0.2, 0.25) is 5.02 Å². The van der Waals surface area contributed by atoms with Crippen molar-refractivity contribution >= 4 is 45.6 Å². The van der Waals surface area contributed by atoms with Crippen LogP contribution in [0.5, 0.6) is 0 Å². The van der Waals surface area contributed by atoms with E-state index in [1.807, 2.05) is 0 Å². The molecule has 0 saturated heterocycles. The molecule has 1 heterocycles. The standard InChI is InChI=1S/C20H16BrClF9N3O4/c1-4-33-13(35)11(22)12(20(29,30)31)32-16(33)34(14(37-3)15(36)38-5-2)17(21)7-9(18(23,24)25)6-10(8-17)19(26,27)28/h4,6-7,14H,1,5,8H2,2-3H3. The van der Waals surface area contributed by atoms with Crippen molar-refractivity contribution in [2.75, 3.05) is 18.6 Å². The van der Waals surface area contributed by atoms with Crippen molar-refractivity contribution in [1.82, 2.24) is 9.55 Å². The number of rotatable bonds is 7. The van der Waals surface area contributed by atoms with Crippen molar-refractivity contribution in [3.8, 4) is 0 Å². The molecular formula is C20H16BrClF9N3O4. The molecule has 0 aromatic carbocycles. The zero-order valence-corrected chi connectivity index (χ0v) is 21.4. The Morgan fingerprint density at radius 2 is 1.82 bits per heavy atom. The summed E-state index contributed by atoms with van der Waals surface area (Å²) in [5.41, 5.74) is -7.36. The fourth-order valence-corrected chi connectivity index (χ4v) is 4.48. The van der Waals surface area contributed by atoms with Crippen molar-refractivity contribution in [2.24, 2.45) is 0 Å². The second-order valence-electron chi connectivity index (χ2n) is 7.40. The average Bonchev–Trinajstić information content (AvgIpc) is 2.76. The highest BCUT2D eigenvalue weighted by Gasteiger charge is 2.52. The van der Waals surface area contributed by atoms with E-state index >= 15 is 0 Å². The minimum Gasteiger partial charge on any atom is -0.463 e. The quantitative estimate of drug-likeness (QED) is 0.122. The Kier molecular flexibility index (Phi) is 9.10. The maximum atomic E-state index is 13.7. The Labute approximate surface area is 221 Å². The van der Waals surface area contributed by atoms with Gasteiger partial charge in [0.25, 0.3) is 5.56 Å². The topological polar surface area (TPSA) is 73.7 Å². The molecule has 2 atom stereocenters. The van der Waals surface area contributed by atoms with Gasteiger partial charge < -0.3 is 9.47 Å². The highest BCUT2D eigenvalue weighted by atomic mass is 79.9. The summed E-state index contributed by atoms with van der Waals surface area (Å²) in [5.74, 6) is -2.74. The van der Waals surface area contributed by atoms with Crippen LogP contribution in [-0.4, -0.2) is 52.3 Å². The number of aromatic nitrogens is 2. The number of esters is 1. The zero-order valence-electron chi connectivity index (χ0n) is 19.1. The maximum Gasteiger partial charge on any atom is 0.435 e. The van der Waals surface area contributed by atoms with E-state index in [0.717, 1.165) is 7.11 Å². The molecule has 1 aromatic heterocycles. The lowest BCUT2D eigenvalue weighted by Gasteiger charge is -2.44. The lowest BCUT2D eigenvalue weighted by Crippen LogP contribution is -2.57. The van der Waals surface area contributed by atoms with Crippen molar-refractivity contribution in [3.05, 3.63) is 50.9 Å². The molecule has 1 aliphatic carbocycles. The van der Waals surface area contributed by atoms with Gasteiger partial charge in [-0.15, -0.1) is 0 Å². The smallest absolute Gasteiger partial charge is 0.435 e. The van der Waals surface area contributed by atoms with Gasteiger partial charge in [-0.2, -0.15) is 39.5 Å². The molecule has 1 aliphatic rings. The molecule has 0 saturated carbocycles. The molecule has 0 fully saturated rings. The van der Waals surface area contributed by atoms with Crippen LogP contribution in [-0.2, 0) is 20.4 Å². The summed E-state index contributed by atoms with van der Waals surface area (Å²) in [5, 5.41) is -1.49. The molecule has 0 N–H and O–H groups in total. The molecule has 7 nitrogen and oxygen atoms in total. The van der Waals surface area contributed by atoms with Gasteiger partial charge in [-0.05, 0) is 19.1 Å². The van der Waals surface area contributed by atoms with Gasteiger partial charge in [0.05, 0.1) is 12.2 Å². The number of nitrogens with zero attached hydrogens (tertiary/aromatic N) is 3. The van der Waals surface area contributed by atoms with Gasteiger partial charge in [-0.1, -0.05) is 34.1 Å². The van der Waals surface area contributed by atoms with Gasteiger partial charge in [0.1, 0.15) is 9.47 Å². The molecule has 18 heteroatoms. The van der Waals surface area contributed by atoms with Crippen molar-refractivity contribution < 1.29 is 53.8 Å². The Morgan fingerprint density at radius 1 is 1.24 bits per heavy atom. The number of alkyl halides is 10. The summed E-state index contributed by atoms with van der Waals surface area (Å²) in [7, 11) is 0.764. The molecule has 0 bridgehead atoms. The number of ether oxygens (including phenoxy) is 2. The second-order valence-corrected chi connectivity index (χ2v) is 9.15. The monoisotopic (exact) mass is 647 g/mol. The van der Waals surface area contributed by atoms with Gasteiger partial charge in [-0.25, -0.2) is 9.78 Å². The molecule has 2 rings (SSSR count). The molecule has 0 aliphatic heterocycles. The molecule has 0 spiro atoms. The molecule has 2 unspecified atom stereocenters. The third-order valence-corrected chi connectivity index (χ3v) is 6.12. The van der Waals surface area contributed by atoms with E-state index < -0.39 is 75.0 Å². The Morgan fingerprint density at radius 3 is 2.24 bits per heavy atom. The normalized spacial score (nSPS) is 19.4. The van der Waals surface area contributed by atoms with E-state index in [4.69, 9.17) is 21.1 Å². The maximum absolute atomic E-state index is 13.7. The highest BCUT2D eigenvalue weighted by Crippen LogP contribution is 2.48. The molecule has 0 radical (unpaired) electrons. The number of hydrogen-bond acceptors (Lipinski definition) is 6. The molecule has 1 aromatic rings. The summed E-state index contributed by atoms with van der Waals surface area (Å²) in [6.07, 6.45) is -19.4. The highest BCUT2D eigenvalue weighted by molar-refractivity contribution is 9.10. The van der Waals surface area contributed by atoms with E-state index in [1.54, 1.807) is 0 Å². The molecular weight excluding hydrogens is 633 g/mol. The first kappa shape index (κ1) is 31.7. The first-order valence-electron chi connectivity index (χ1n) is 10.00. The van der Waals surface area contributed by atoms with Crippen LogP contribution < -0.4 is 10.5 Å². The van der Waals surface area contributed by atoms with Crippen LogP contribution in [0.1, 0.15) is 19.0 Å². The van der Waals surface area contributed by atoms with E-state index in [0.29, 0.717) is 6.20 Å². The summed E-state index contributed by atoms with van der Waals surface area (Å²) in [6, 6.07) is 0. The first-order chi connectivity index (χ1) is 17.2. The lowest BCUT2D eigenvalue weighted by atomic mass is 9.93. The SMILES string of the molecule is C=Cn1c(N(C(OC)C(=O)OCC)C2(Br)C=C(C(F)(F)F)C=C(C(F)(F)F)C2)nc(C(F)(F)F)c(Cl)c1=O. The number of halogens is 11. The summed E-state index contributed by atoms with van der Waals surface area (Å²) in [6.45, 7) is 4.11. The Balaban J connectivity index is 3.08. The number of hydrogen-bond donors (Lipinski definition) is 0. The molecule has 212 valence electrons. The fourth-order valence-electron chi connectivity index (χ4n) is 3.35. The molecule has 0 amide bonds. The Hall–Kier alpha value is -2.53. The third-order valence-electron chi connectivity index (χ3n) is 4.89. The fraction of sp³-hybridized carbons (Fsp3) is 0.450.